The van der Waals surface area contributed by atoms with Gasteiger partial charge in [-0.05, 0) is 55.5 Å². The number of rotatable bonds is 3. The zero-order valence-corrected chi connectivity index (χ0v) is 9.92. The Morgan fingerprint density at radius 3 is 2.57 bits per heavy atom. The minimum absolute atomic E-state index is 0.914. The Bertz CT molecular complexity index is 342. The molecule has 73 valence electrons. The Morgan fingerprint density at radius 1 is 1.21 bits per heavy atom. The van der Waals surface area contributed by atoms with Crippen molar-refractivity contribution < 1.29 is 4.43 Å². The summed E-state index contributed by atoms with van der Waals surface area (Å²) >= 11 is 0. The minimum atomic E-state index is 0.914. The maximum absolute atomic E-state index is 4.68. The van der Waals surface area contributed by atoms with Crippen LogP contribution in [0, 0.1) is 20.8 Å². The van der Waals surface area contributed by atoms with Crippen molar-refractivity contribution >= 4 is 10.5 Å². The van der Waals surface area contributed by atoms with Crippen LogP contribution in [0.3, 0.4) is 0 Å². The molecule has 0 N–H and O–H groups in total. The second-order valence-electron chi connectivity index (χ2n) is 3.49. The first-order valence-corrected chi connectivity index (χ1v) is 5.10. The topological polar surface area (TPSA) is 9.23 Å². The van der Waals surface area contributed by atoms with Crippen LogP contribution in [0.15, 0.2) is 24.5 Å². The number of hydrogen-bond acceptors (Lipinski definition) is 1. The zero-order valence-electron chi connectivity index (χ0n) is 8.92. The van der Waals surface area contributed by atoms with Gasteiger partial charge in [-0.2, -0.15) is 0 Å². The predicted octanol–water partition coefficient (Wildman–Crippen LogP) is 2.77. The van der Waals surface area contributed by atoms with Crippen LogP contribution in [0.2, 0.25) is 0 Å². The number of benzene rings is 1. The summed E-state index contributed by atoms with van der Waals surface area (Å²) in [7, 11) is 2.93. The summed E-state index contributed by atoms with van der Waals surface area (Å²) in [6, 6.07) is 4.34. The predicted molar refractivity (Wildman–Crippen MR) is 60.3 cm³/mol. The van der Waals surface area contributed by atoms with Gasteiger partial charge in [0.1, 0.15) is 0 Å². The molecule has 0 aliphatic rings. The van der Waals surface area contributed by atoms with E-state index in [1.54, 1.807) is 6.26 Å². The largest absolute Gasteiger partial charge is 0.546 e. The van der Waals surface area contributed by atoms with Crippen molar-refractivity contribution in [3.8, 4) is 0 Å². The molecular weight excluding hydrogens is 188 g/mol. The minimum Gasteiger partial charge on any atom is -0.546 e. The monoisotopic (exact) mass is 203 g/mol. The Labute approximate surface area is 89.3 Å². The molecule has 0 spiro atoms. The Balaban J connectivity index is 2.88. The highest BCUT2D eigenvalue weighted by Crippen LogP contribution is 2.17. The van der Waals surface area contributed by atoms with Gasteiger partial charge < -0.3 is 4.43 Å². The van der Waals surface area contributed by atoms with Gasteiger partial charge in [0.05, 0.1) is 6.26 Å². The van der Waals surface area contributed by atoms with Crippen LogP contribution in [0.1, 0.15) is 22.3 Å². The summed E-state index contributed by atoms with van der Waals surface area (Å²) in [4.78, 5) is 0. The highest BCUT2D eigenvalue weighted by molar-refractivity contribution is 5.98. The lowest BCUT2D eigenvalue weighted by molar-refractivity contribution is 0.532. The lowest BCUT2D eigenvalue weighted by Crippen LogP contribution is -1.93. The molecule has 2 heteroatoms. The van der Waals surface area contributed by atoms with Crippen molar-refractivity contribution in [1.29, 1.82) is 0 Å². The van der Waals surface area contributed by atoms with Crippen LogP contribution < -0.4 is 0 Å². The molecule has 14 heavy (non-hydrogen) atoms. The summed E-state index contributed by atoms with van der Waals surface area (Å²) in [5.41, 5.74) is 5.47. The molecule has 0 bridgehead atoms. The SMILES string of the molecule is Cc1ccc(CC=CO[Si])c(C)c1C. The van der Waals surface area contributed by atoms with Crippen molar-refractivity contribution in [2.75, 3.05) is 0 Å². The van der Waals surface area contributed by atoms with Crippen molar-refractivity contribution in [3.63, 3.8) is 0 Å². The summed E-state index contributed by atoms with van der Waals surface area (Å²) < 4.78 is 4.68. The first-order chi connectivity index (χ1) is 6.66. The van der Waals surface area contributed by atoms with Crippen LogP contribution in [-0.2, 0) is 10.8 Å². The van der Waals surface area contributed by atoms with E-state index < -0.39 is 0 Å². The van der Waals surface area contributed by atoms with E-state index in [9.17, 15) is 0 Å². The molecular formula is C12H15OSi. The molecule has 0 fully saturated rings. The van der Waals surface area contributed by atoms with E-state index in [2.05, 4.69) is 47.8 Å². The van der Waals surface area contributed by atoms with Crippen molar-refractivity contribution in [2.45, 2.75) is 27.2 Å². The van der Waals surface area contributed by atoms with E-state index in [-0.39, 0.29) is 0 Å². The lowest BCUT2D eigenvalue weighted by Gasteiger charge is -2.09. The molecule has 0 saturated heterocycles. The number of aryl methyl sites for hydroxylation is 1. The van der Waals surface area contributed by atoms with Gasteiger partial charge in [-0.25, -0.2) is 0 Å². The maximum atomic E-state index is 4.68. The molecule has 0 aliphatic carbocycles. The highest BCUT2D eigenvalue weighted by Gasteiger charge is 2.01. The summed E-state index contributed by atoms with van der Waals surface area (Å²) in [5.74, 6) is 0. The molecule has 0 unspecified atom stereocenters. The second-order valence-corrected chi connectivity index (χ2v) is 3.72. The van der Waals surface area contributed by atoms with Crippen LogP contribution in [-0.4, -0.2) is 10.5 Å². The van der Waals surface area contributed by atoms with Gasteiger partial charge in [0.15, 0.2) is 0 Å². The Morgan fingerprint density at radius 2 is 1.93 bits per heavy atom. The van der Waals surface area contributed by atoms with E-state index in [0.717, 1.165) is 6.42 Å². The fraction of sp³-hybridized carbons (Fsp3) is 0.333. The summed E-state index contributed by atoms with van der Waals surface area (Å²) in [6.07, 6.45) is 4.55. The van der Waals surface area contributed by atoms with Gasteiger partial charge in [-0.3, -0.25) is 0 Å². The lowest BCUT2D eigenvalue weighted by atomic mass is 9.97. The standard InChI is InChI=1S/C12H15OSi/c1-9-6-7-12(5-4-8-13-14)11(3)10(9)2/h4,6-8H,5H2,1-3H3. The molecule has 3 radical (unpaired) electrons. The summed E-state index contributed by atoms with van der Waals surface area (Å²) in [5, 5.41) is 0. The average Bonchev–Trinajstić information content (AvgIpc) is 2.18. The van der Waals surface area contributed by atoms with Gasteiger partial charge in [-0.15, -0.1) is 0 Å². The Hall–Kier alpha value is -1.02. The number of allylic oxidation sites excluding steroid dienone is 1. The van der Waals surface area contributed by atoms with E-state index in [0.29, 0.717) is 0 Å². The third-order valence-corrected chi connectivity index (χ3v) is 2.81. The van der Waals surface area contributed by atoms with Gasteiger partial charge in [-0.1, -0.05) is 12.1 Å². The normalized spacial score (nSPS) is 10.9. The molecule has 1 nitrogen and oxygen atoms in total. The highest BCUT2D eigenvalue weighted by atomic mass is 28.2. The Kier molecular flexibility index (Phi) is 3.95. The fourth-order valence-electron chi connectivity index (χ4n) is 1.46. The smallest absolute Gasteiger partial charge is 0.340 e. The van der Waals surface area contributed by atoms with Crippen LogP contribution in [0.5, 0.6) is 0 Å². The van der Waals surface area contributed by atoms with Gasteiger partial charge >= 0.3 is 10.5 Å². The van der Waals surface area contributed by atoms with Crippen molar-refractivity contribution in [3.05, 3.63) is 46.7 Å². The number of hydrogen-bond donors (Lipinski definition) is 0. The second kappa shape index (κ2) is 5.01. The molecule has 0 aromatic heterocycles. The molecule has 0 saturated carbocycles. The van der Waals surface area contributed by atoms with E-state index in [1.807, 2.05) is 6.08 Å². The van der Waals surface area contributed by atoms with E-state index >= 15 is 0 Å². The van der Waals surface area contributed by atoms with Crippen molar-refractivity contribution in [2.24, 2.45) is 0 Å². The first kappa shape index (κ1) is 11.1. The molecule has 0 atom stereocenters. The third kappa shape index (κ3) is 2.48. The van der Waals surface area contributed by atoms with E-state index in [1.165, 1.54) is 22.3 Å². The van der Waals surface area contributed by atoms with Crippen LogP contribution >= 0.6 is 0 Å². The molecule has 1 rings (SSSR count). The molecule has 1 aromatic carbocycles. The molecule has 0 heterocycles. The molecule has 1 aromatic rings. The summed E-state index contributed by atoms with van der Waals surface area (Å²) in [6.45, 7) is 6.47. The van der Waals surface area contributed by atoms with Gasteiger partial charge in [0.2, 0.25) is 0 Å². The average molecular weight is 203 g/mol. The van der Waals surface area contributed by atoms with Gasteiger partial charge in [0, 0.05) is 0 Å². The first-order valence-electron chi connectivity index (χ1n) is 4.70. The quantitative estimate of drug-likeness (QED) is 0.542. The molecule has 0 aliphatic heterocycles. The maximum Gasteiger partial charge on any atom is 0.340 e. The van der Waals surface area contributed by atoms with E-state index in [4.69, 9.17) is 0 Å². The van der Waals surface area contributed by atoms with Gasteiger partial charge in [0.25, 0.3) is 0 Å². The third-order valence-electron chi connectivity index (χ3n) is 2.67. The fourth-order valence-corrected chi connectivity index (χ4v) is 1.55. The van der Waals surface area contributed by atoms with Crippen LogP contribution in [0.4, 0.5) is 0 Å². The van der Waals surface area contributed by atoms with Crippen LogP contribution in [0.25, 0.3) is 0 Å². The van der Waals surface area contributed by atoms with Crippen molar-refractivity contribution in [1.82, 2.24) is 0 Å². The zero-order chi connectivity index (χ0) is 10.6. The molecule has 0 amide bonds.